The maximum absolute atomic E-state index is 11.4. The molecule has 2 rings (SSSR count). The van der Waals surface area contributed by atoms with E-state index in [2.05, 4.69) is 4.90 Å². The summed E-state index contributed by atoms with van der Waals surface area (Å²) >= 11 is 5.95. The molecule has 1 aliphatic rings. The molecule has 1 heterocycles. The fourth-order valence-electron chi connectivity index (χ4n) is 2.81. The first-order valence-corrected chi connectivity index (χ1v) is 7.74. The molecule has 1 aromatic carbocycles. The Morgan fingerprint density at radius 3 is 2.71 bits per heavy atom. The Labute approximate surface area is 131 Å². The molecule has 1 atom stereocenters. The van der Waals surface area contributed by atoms with Crippen molar-refractivity contribution in [2.75, 3.05) is 26.7 Å². The Morgan fingerprint density at radius 1 is 1.48 bits per heavy atom. The summed E-state index contributed by atoms with van der Waals surface area (Å²) in [6, 6.07) is 7.69. The van der Waals surface area contributed by atoms with Crippen molar-refractivity contribution in [3.05, 3.63) is 34.9 Å². The molecule has 0 radical (unpaired) electrons. The molecule has 0 saturated carbocycles. The molecule has 0 bridgehead atoms. The summed E-state index contributed by atoms with van der Waals surface area (Å²) in [6.45, 7) is 4.02. The van der Waals surface area contributed by atoms with E-state index in [0.717, 1.165) is 31.5 Å². The van der Waals surface area contributed by atoms with Crippen LogP contribution >= 0.6 is 11.6 Å². The van der Waals surface area contributed by atoms with Crippen LogP contribution in [-0.4, -0.2) is 53.5 Å². The second-order valence-corrected chi connectivity index (χ2v) is 6.17. The summed E-state index contributed by atoms with van der Waals surface area (Å²) in [5.41, 5.74) is 0.852. The van der Waals surface area contributed by atoms with Crippen LogP contribution in [0, 0.1) is 0 Å². The Bertz CT molecular complexity index is 487. The van der Waals surface area contributed by atoms with E-state index in [0.29, 0.717) is 17.6 Å². The van der Waals surface area contributed by atoms with Crippen LogP contribution in [0.1, 0.15) is 31.4 Å². The van der Waals surface area contributed by atoms with Gasteiger partial charge >= 0.3 is 0 Å². The van der Waals surface area contributed by atoms with Gasteiger partial charge in [-0.05, 0) is 30.5 Å². The number of rotatable bonds is 4. The minimum absolute atomic E-state index is 0.118. The van der Waals surface area contributed by atoms with E-state index >= 15 is 0 Å². The molecule has 1 N–H and O–H groups in total. The van der Waals surface area contributed by atoms with Crippen molar-refractivity contribution in [3.8, 4) is 0 Å². The molecule has 1 amide bonds. The molecule has 1 saturated heterocycles. The minimum atomic E-state index is -0.522. The number of hydrogen-bond donors (Lipinski definition) is 1. The molecular formula is C16H23ClN2O2. The van der Waals surface area contributed by atoms with Crippen LogP contribution in [0.3, 0.4) is 0 Å². The number of carbonyl (C=O) groups excluding carboxylic acids is 1. The minimum Gasteiger partial charge on any atom is -0.387 e. The molecule has 21 heavy (non-hydrogen) atoms. The highest BCUT2D eigenvalue weighted by Crippen LogP contribution is 2.21. The first-order valence-electron chi connectivity index (χ1n) is 7.36. The predicted molar refractivity (Wildman–Crippen MR) is 84.3 cm³/mol. The van der Waals surface area contributed by atoms with Gasteiger partial charge in [0.25, 0.3) is 0 Å². The van der Waals surface area contributed by atoms with Crippen molar-refractivity contribution >= 4 is 17.5 Å². The first kappa shape index (κ1) is 16.3. The summed E-state index contributed by atoms with van der Waals surface area (Å²) in [5, 5.41) is 10.9. The summed E-state index contributed by atoms with van der Waals surface area (Å²) in [7, 11) is 1.86. The van der Waals surface area contributed by atoms with Crippen molar-refractivity contribution in [1.82, 2.24) is 9.80 Å². The van der Waals surface area contributed by atoms with E-state index in [1.807, 2.05) is 30.1 Å². The van der Waals surface area contributed by atoms with Crippen LogP contribution in [0.25, 0.3) is 0 Å². The maximum atomic E-state index is 11.4. The zero-order valence-corrected chi connectivity index (χ0v) is 13.4. The summed E-state index contributed by atoms with van der Waals surface area (Å²) < 4.78 is 0. The van der Waals surface area contributed by atoms with E-state index in [4.69, 9.17) is 11.6 Å². The van der Waals surface area contributed by atoms with E-state index in [1.165, 1.54) is 0 Å². The zero-order chi connectivity index (χ0) is 15.4. The van der Waals surface area contributed by atoms with Crippen LogP contribution in [0.15, 0.2) is 24.3 Å². The smallest absolute Gasteiger partial charge is 0.219 e. The van der Waals surface area contributed by atoms with Gasteiger partial charge in [-0.15, -0.1) is 0 Å². The second kappa shape index (κ2) is 7.25. The average Bonchev–Trinajstić information content (AvgIpc) is 2.47. The molecule has 1 aliphatic heterocycles. The molecule has 0 aromatic heterocycles. The van der Waals surface area contributed by atoms with Gasteiger partial charge in [-0.3, -0.25) is 4.79 Å². The molecule has 1 aromatic rings. The number of carbonyl (C=O) groups is 1. The van der Waals surface area contributed by atoms with E-state index in [9.17, 15) is 9.90 Å². The number of piperidine rings is 1. The van der Waals surface area contributed by atoms with Gasteiger partial charge in [-0.2, -0.15) is 0 Å². The molecule has 4 nitrogen and oxygen atoms in total. The molecular weight excluding hydrogens is 288 g/mol. The number of nitrogens with zero attached hydrogens (tertiary/aromatic N) is 2. The van der Waals surface area contributed by atoms with E-state index in [1.54, 1.807) is 13.0 Å². The molecule has 0 aliphatic carbocycles. The number of aliphatic hydroxyl groups excluding tert-OH is 1. The largest absolute Gasteiger partial charge is 0.387 e. The van der Waals surface area contributed by atoms with Gasteiger partial charge in [0.1, 0.15) is 0 Å². The third-order valence-electron chi connectivity index (χ3n) is 4.27. The Balaban J connectivity index is 1.84. The zero-order valence-electron chi connectivity index (χ0n) is 12.6. The van der Waals surface area contributed by atoms with E-state index in [-0.39, 0.29) is 5.91 Å². The van der Waals surface area contributed by atoms with Crippen LogP contribution in [-0.2, 0) is 4.79 Å². The number of β-amino-alcohol motifs (C(OH)–C–C–N with tert-alkyl or cyclic N) is 1. The fraction of sp³-hybridized carbons (Fsp3) is 0.562. The third-order valence-corrected chi connectivity index (χ3v) is 4.50. The average molecular weight is 311 g/mol. The Kier molecular flexibility index (Phi) is 5.62. The number of hydrogen-bond acceptors (Lipinski definition) is 3. The molecule has 5 heteroatoms. The SMILES string of the molecule is CC(=O)N(C)C1CCN(CC(O)c2cccc(Cl)c2)CC1. The Hall–Kier alpha value is -1.10. The van der Waals surface area contributed by atoms with Crippen molar-refractivity contribution in [3.63, 3.8) is 0 Å². The van der Waals surface area contributed by atoms with Gasteiger partial charge in [-0.25, -0.2) is 0 Å². The summed E-state index contributed by atoms with van der Waals surface area (Å²) in [5.74, 6) is 0.118. The molecule has 1 fully saturated rings. The maximum Gasteiger partial charge on any atom is 0.219 e. The van der Waals surface area contributed by atoms with Crippen molar-refractivity contribution in [2.45, 2.75) is 31.9 Å². The fourth-order valence-corrected chi connectivity index (χ4v) is 3.01. The lowest BCUT2D eigenvalue weighted by atomic mass is 10.0. The van der Waals surface area contributed by atoms with Gasteiger partial charge in [0, 0.05) is 44.7 Å². The summed E-state index contributed by atoms with van der Waals surface area (Å²) in [6.07, 6.45) is 1.39. The molecule has 0 spiro atoms. The third kappa shape index (κ3) is 4.43. The van der Waals surface area contributed by atoms with Gasteiger partial charge in [0.2, 0.25) is 5.91 Å². The molecule has 1 unspecified atom stereocenters. The highest BCUT2D eigenvalue weighted by Gasteiger charge is 2.25. The number of likely N-dealkylation sites (tertiary alicyclic amines) is 1. The van der Waals surface area contributed by atoms with Crippen molar-refractivity contribution in [1.29, 1.82) is 0 Å². The van der Waals surface area contributed by atoms with Crippen LogP contribution in [0.5, 0.6) is 0 Å². The summed E-state index contributed by atoms with van der Waals surface area (Å²) in [4.78, 5) is 15.4. The van der Waals surface area contributed by atoms with E-state index < -0.39 is 6.10 Å². The van der Waals surface area contributed by atoms with Gasteiger partial charge < -0.3 is 14.9 Å². The molecule has 116 valence electrons. The first-order chi connectivity index (χ1) is 9.97. The number of amides is 1. The normalized spacial score (nSPS) is 18.5. The van der Waals surface area contributed by atoms with Crippen molar-refractivity contribution in [2.24, 2.45) is 0 Å². The highest BCUT2D eigenvalue weighted by atomic mass is 35.5. The van der Waals surface area contributed by atoms with Gasteiger partial charge in [0.05, 0.1) is 6.10 Å². The predicted octanol–water partition coefficient (Wildman–Crippen LogP) is 2.32. The standard InChI is InChI=1S/C16H23ClN2O2/c1-12(20)18(2)15-6-8-19(9-7-15)11-16(21)13-4-3-5-14(17)10-13/h3-5,10,15-16,21H,6-9,11H2,1-2H3. The number of benzene rings is 1. The quantitative estimate of drug-likeness (QED) is 0.928. The Morgan fingerprint density at radius 2 is 2.14 bits per heavy atom. The second-order valence-electron chi connectivity index (χ2n) is 5.73. The van der Waals surface area contributed by atoms with Crippen LogP contribution in [0.2, 0.25) is 5.02 Å². The monoisotopic (exact) mass is 310 g/mol. The van der Waals surface area contributed by atoms with Crippen LogP contribution in [0.4, 0.5) is 0 Å². The van der Waals surface area contributed by atoms with Gasteiger partial charge in [0.15, 0.2) is 0 Å². The highest BCUT2D eigenvalue weighted by molar-refractivity contribution is 6.30. The lowest BCUT2D eigenvalue weighted by molar-refractivity contribution is -0.130. The lowest BCUT2D eigenvalue weighted by Crippen LogP contribution is -2.45. The van der Waals surface area contributed by atoms with Crippen molar-refractivity contribution < 1.29 is 9.90 Å². The number of aliphatic hydroxyl groups is 1. The topological polar surface area (TPSA) is 43.8 Å². The number of halogens is 1. The van der Waals surface area contributed by atoms with Crippen LogP contribution < -0.4 is 0 Å². The lowest BCUT2D eigenvalue weighted by Gasteiger charge is -2.37. The van der Waals surface area contributed by atoms with Gasteiger partial charge in [-0.1, -0.05) is 23.7 Å².